The number of rotatable bonds is 2. The Bertz CT molecular complexity index is 352. The van der Waals surface area contributed by atoms with E-state index in [0.717, 1.165) is 5.69 Å². The number of nitrogens with zero attached hydrogens (tertiary/aromatic N) is 4. The third-order valence-corrected chi connectivity index (χ3v) is 2.00. The van der Waals surface area contributed by atoms with Gasteiger partial charge in [0.1, 0.15) is 6.33 Å². The number of aromatic nitrogens is 4. The molecule has 0 aromatic carbocycles. The molecule has 12 heavy (non-hydrogen) atoms. The average Bonchev–Trinajstić information content (AvgIpc) is 2.63. The quantitative estimate of drug-likeness (QED) is 0.726. The van der Waals surface area contributed by atoms with Gasteiger partial charge in [-0.2, -0.15) is 0 Å². The van der Waals surface area contributed by atoms with Crippen molar-refractivity contribution in [1.29, 1.82) is 0 Å². The average molecular weight is 181 g/mol. The van der Waals surface area contributed by atoms with E-state index >= 15 is 0 Å². The molecule has 0 aliphatic rings. The number of thiazole rings is 1. The van der Waals surface area contributed by atoms with Gasteiger partial charge in [0, 0.05) is 5.38 Å². The van der Waals surface area contributed by atoms with Crippen LogP contribution in [-0.4, -0.2) is 19.7 Å². The Kier molecular flexibility index (Phi) is 1.75. The van der Waals surface area contributed by atoms with Gasteiger partial charge in [0.05, 0.1) is 17.7 Å². The summed E-state index contributed by atoms with van der Waals surface area (Å²) in [5.74, 6) is 0.297. The number of hydrogen-bond donors (Lipinski definition) is 1. The molecule has 2 N–H and O–H groups in total. The van der Waals surface area contributed by atoms with E-state index in [1.165, 1.54) is 0 Å². The summed E-state index contributed by atoms with van der Waals surface area (Å²) in [6, 6.07) is 0. The summed E-state index contributed by atoms with van der Waals surface area (Å²) < 4.78 is 1.66. The van der Waals surface area contributed by atoms with Crippen molar-refractivity contribution in [2.45, 2.75) is 6.54 Å². The molecule has 0 spiro atoms. The van der Waals surface area contributed by atoms with Crippen LogP contribution < -0.4 is 5.73 Å². The second-order valence-electron chi connectivity index (χ2n) is 2.28. The second kappa shape index (κ2) is 2.90. The lowest BCUT2D eigenvalue weighted by Crippen LogP contribution is -2.00. The lowest BCUT2D eigenvalue weighted by molar-refractivity contribution is 0.676. The molecular weight excluding hydrogens is 174 g/mol. The van der Waals surface area contributed by atoms with E-state index in [2.05, 4.69) is 15.1 Å². The molecular formula is C6H7N5S. The highest BCUT2D eigenvalue weighted by atomic mass is 32.1. The molecule has 0 saturated carbocycles. The Morgan fingerprint density at radius 3 is 3.00 bits per heavy atom. The fourth-order valence-electron chi connectivity index (χ4n) is 0.867. The van der Waals surface area contributed by atoms with E-state index in [1.54, 1.807) is 27.9 Å². The van der Waals surface area contributed by atoms with Crippen molar-refractivity contribution in [1.82, 2.24) is 19.7 Å². The van der Waals surface area contributed by atoms with Crippen LogP contribution in [0.5, 0.6) is 0 Å². The summed E-state index contributed by atoms with van der Waals surface area (Å²) in [6.07, 6.45) is 1.59. The second-order valence-corrected chi connectivity index (χ2v) is 3.00. The molecule has 2 aromatic rings. The van der Waals surface area contributed by atoms with Crippen LogP contribution in [0.3, 0.4) is 0 Å². The molecule has 0 fully saturated rings. The first-order valence-electron chi connectivity index (χ1n) is 3.36. The van der Waals surface area contributed by atoms with Crippen LogP contribution in [0.2, 0.25) is 0 Å². The van der Waals surface area contributed by atoms with Crippen molar-refractivity contribution in [3.8, 4) is 0 Å². The number of nitrogens with two attached hydrogens (primary N) is 1. The van der Waals surface area contributed by atoms with Crippen molar-refractivity contribution in [2.24, 2.45) is 0 Å². The van der Waals surface area contributed by atoms with Crippen LogP contribution in [0.4, 0.5) is 5.95 Å². The zero-order valence-corrected chi connectivity index (χ0v) is 7.03. The first-order valence-corrected chi connectivity index (χ1v) is 4.31. The van der Waals surface area contributed by atoms with E-state index < -0.39 is 0 Å². The molecule has 5 nitrogen and oxygen atoms in total. The monoisotopic (exact) mass is 181 g/mol. The van der Waals surface area contributed by atoms with Crippen LogP contribution in [-0.2, 0) is 6.54 Å². The van der Waals surface area contributed by atoms with Crippen molar-refractivity contribution in [3.63, 3.8) is 0 Å². The van der Waals surface area contributed by atoms with Gasteiger partial charge in [-0.1, -0.05) is 0 Å². The predicted molar refractivity (Wildman–Crippen MR) is 45.7 cm³/mol. The summed E-state index contributed by atoms with van der Waals surface area (Å²) in [6.45, 7) is 0.633. The molecule has 0 atom stereocenters. The topological polar surface area (TPSA) is 69.6 Å². The Morgan fingerprint density at radius 1 is 1.50 bits per heavy atom. The first kappa shape index (κ1) is 7.23. The summed E-state index contributed by atoms with van der Waals surface area (Å²) in [5, 5.41) is 5.90. The van der Waals surface area contributed by atoms with Crippen LogP contribution in [0.1, 0.15) is 5.69 Å². The van der Waals surface area contributed by atoms with E-state index in [4.69, 9.17) is 5.73 Å². The third kappa shape index (κ3) is 1.42. The van der Waals surface area contributed by atoms with Gasteiger partial charge >= 0.3 is 0 Å². The van der Waals surface area contributed by atoms with Crippen LogP contribution in [0.15, 0.2) is 17.2 Å². The van der Waals surface area contributed by atoms with Gasteiger partial charge in [0.15, 0.2) is 0 Å². The molecule has 0 aliphatic carbocycles. The highest BCUT2D eigenvalue weighted by Gasteiger charge is 1.98. The Labute approximate surface area is 72.9 Å². The largest absolute Gasteiger partial charge is 0.367 e. The zero-order chi connectivity index (χ0) is 8.39. The molecule has 2 aromatic heterocycles. The maximum absolute atomic E-state index is 5.35. The smallest absolute Gasteiger partial charge is 0.239 e. The minimum Gasteiger partial charge on any atom is -0.367 e. The van der Waals surface area contributed by atoms with E-state index in [9.17, 15) is 0 Å². The number of nitrogen functional groups attached to an aromatic ring is 1. The first-order chi connectivity index (χ1) is 5.84. The standard InChI is InChI=1S/C6H7N5S/c7-6-8-3-11(10-6)1-5-2-12-4-9-5/h2-4H,1H2,(H2,7,10). The van der Waals surface area contributed by atoms with Gasteiger partial charge in [0.2, 0.25) is 5.95 Å². The van der Waals surface area contributed by atoms with E-state index in [-0.39, 0.29) is 0 Å². The van der Waals surface area contributed by atoms with Gasteiger partial charge in [0.25, 0.3) is 0 Å². The molecule has 0 saturated heterocycles. The maximum Gasteiger partial charge on any atom is 0.239 e. The fourth-order valence-corrected chi connectivity index (χ4v) is 1.42. The number of hydrogen-bond acceptors (Lipinski definition) is 5. The molecule has 0 unspecified atom stereocenters. The minimum absolute atomic E-state index is 0.297. The molecule has 62 valence electrons. The van der Waals surface area contributed by atoms with Crippen LogP contribution in [0.25, 0.3) is 0 Å². The van der Waals surface area contributed by atoms with Gasteiger partial charge < -0.3 is 5.73 Å². The van der Waals surface area contributed by atoms with Gasteiger partial charge in [-0.05, 0) is 0 Å². The Hall–Kier alpha value is -1.43. The molecule has 0 bridgehead atoms. The van der Waals surface area contributed by atoms with E-state index in [1.807, 2.05) is 5.38 Å². The van der Waals surface area contributed by atoms with Gasteiger partial charge in [-0.25, -0.2) is 14.6 Å². The molecule has 2 rings (SSSR count). The lowest BCUT2D eigenvalue weighted by atomic mass is 10.5. The SMILES string of the molecule is Nc1ncn(Cc2cscn2)n1. The zero-order valence-electron chi connectivity index (χ0n) is 6.21. The summed E-state index contributed by atoms with van der Waals surface area (Å²) in [5.41, 5.74) is 8.11. The Morgan fingerprint density at radius 2 is 2.42 bits per heavy atom. The molecule has 0 radical (unpaired) electrons. The van der Waals surface area contributed by atoms with Crippen molar-refractivity contribution < 1.29 is 0 Å². The normalized spacial score (nSPS) is 10.3. The molecule has 0 aliphatic heterocycles. The van der Waals surface area contributed by atoms with Crippen molar-refractivity contribution in [3.05, 3.63) is 22.9 Å². The predicted octanol–water partition coefficient (Wildman–Crippen LogP) is 0.365. The summed E-state index contributed by atoms with van der Waals surface area (Å²) in [7, 11) is 0. The van der Waals surface area contributed by atoms with Crippen LogP contribution in [0, 0.1) is 0 Å². The molecule has 0 amide bonds. The summed E-state index contributed by atoms with van der Waals surface area (Å²) >= 11 is 1.56. The molecule has 6 heteroatoms. The van der Waals surface area contributed by atoms with Gasteiger partial charge in [-0.3, -0.25) is 0 Å². The summed E-state index contributed by atoms with van der Waals surface area (Å²) in [4.78, 5) is 7.91. The lowest BCUT2D eigenvalue weighted by Gasteiger charge is -1.93. The van der Waals surface area contributed by atoms with Crippen molar-refractivity contribution in [2.75, 3.05) is 5.73 Å². The maximum atomic E-state index is 5.35. The fraction of sp³-hybridized carbons (Fsp3) is 0.167. The number of anilines is 1. The van der Waals surface area contributed by atoms with Crippen LogP contribution >= 0.6 is 11.3 Å². The highest BCUT2D eigenvalue weighted by molar-refractivity contribution is 7.07. The van der Waals surface area contributed by atoms with Gasteiger partial charge in [-0.15, -0.1) is 16.4 Å². The van der Waals surface area contributed by atoms with E-state index in [0.29, 0.717) is 12.5 Å². The van der Waals surface area contributed by atoms with Crippen molar-refractivity contribution >= 4 is 17.3 Å². The molecule has 2 heterocycles. The Balaban J connectivity index is 2.14. The third-order valence-electron chi connectivity index (χ3n) is 1.36. The highest BCUT2D eigenvalue weighted by Crippen LogP contribution is 2.02. The minimum atomic E-state index is 0.297.